The minimum absolute atomic E-state index is 0.0995. The van der Waals surface area contributed by atoms with Gasteiger partial charge in [0, 0.05) is 24.8 Å². The van der Waals surface area contributed by atoms with Crippen molar-refractivity contribution < 1.29 is 14.7 Å². The number of anilines is 1. The van der Waals surface area contributed by atoms with Crippen LogP contribution in [0.3, 0.4) is 0 Å². The van der Waals surface area contributed by atoms with E-state index in [1.165, 1.54) is 0 Å². The minimum atomic E-state index is -0.818. The van der Waals surface area contributed by atoms with Crippen LogP contribution in [0.25, 0.3) is 0 Å². The Labute approximate surface area is 128 Å². The molecule has 2 rings (SSSR count). The number of carboxylic acid groups (broad SMARTS) is 1. The fourth-order valence-electron chi connectivity index (χ4n) is 2.04. The number of carbonyl (C=O) groups excluding carboxylic acids is 1. The highest BCUT2D eigenvalue weighted by molar-refractivity contribution is 6.03. The molecule has 2 N–H and O–H groups in total. The highest BCUT2D eigenvalue weighted by atomic mass is 16.4. The van der Waals surface area contributed by atoms with Gasteiger partial charge in [-0.15, -0.1) is 0 Å². The van der Waals surface area contributed by atoms with Crippen LogP contribution in [0.15, 0.2) is 36.7 Å². The maximum Gasteiger partial charge on any atom is 0.303 e. The number of benzene rings is 1. The van der Waals surface area contributed by atoms with Crippen molar-refractivity contribution in [3.63, 3.8) is 0 Å². The van der Waals surface area contributed by atoms with E-state index in [-0.39, 0.29) is 12.3 Å². The number of rotatable bonds is 7. The first kappa shape index (κ1) is 15.8. The van der Waals surface area contributed by atoms with Gasteiger partial charge >= 0.3 is 5.97 Å². The number of hydrogen-bond donors (Lipinski definition) is 2. The number of amides is 1. The molecule has 0 radical (unpaired) electrons. The standard InChI is InChI=1S/C16H19N3O3/c1-2-9-19-11-13(10-17-19)16(22)18-14-6-3-12(4-7-14)5-8-15(20)21/h3-4,6-7,10-11H,2,5,8-9H2,1H3,(H,18,22)(H,20,21). The quantitative estimate of drug-likeness (QED) is 0.823. The van der Waals surface area contributed by atoms with Crippen molar-refractivity contribution in [3.8, 4) is 0 Å². The second-order valence-electron chi connectivity index (χ2n) is 5.04. The van der Waals surface area contributed by atoms with Gasteiger partial charge in [0.1, 0.15) is 0 Å². The van der Waals surface area contributed by atoms with Crippen molar-refractivity contribution in [1.29, 1.82) is 0 Å². The molecule has 0 bridgehead atoms. The third kappa shape index (κ3) is 4.44. The van der Waals surface area contributed by atoms with Crippen LogP contribution < -0.4 is 5.32 Å². The molecular formula is C16H19N3O3. The summed E-state index contributed by atoms with van der Waals surface area (Å²) < 4.78 is 1.74. The molecule has 0 aliphatic heterocycles. The van der Waals surface area contributed by atoms with E-state index in [4.69, 9.17) is 5.11 Å². The number of carboxylic acids is 1. The van der Waals surface area contributed by atoms with E-state index in [0.717, 1.165) is 18.5 Å². The second kappa shape index (κ2) is 7.40. The molecule has 0 aliphatic rings. The Kier molecular flexibility index (Phi) is 5.30. The van der Waals surface area contributed by atoms with E-state index in [9.17, 15) is 9.59 Å². The SMILES string of the molecule is CCCn1cc(C(=O)Nc2ccc(CCC(=O)O)cc2)cn1. The Morgan fingerprint density at radius 3 is 2.64 bits per heavy atom. The molecule has 0 unspecified atom stereocenters. The summed E-state index contributed by atoms with van der Waals surface area (Å²) in [4.78, 5) is 22.6. The average molecular weight is 301 g/mol. The summed E-state index contributed by atoms with van der Waals surface area (Å²) in [6, 6.07) is 7.18. The first-order chi connectivity index (χ1) is 10.6. The third-order valence-electron chi connectivity index (χ3n) is 3.19. The number of nitrogens with zero attached hydrogens (tertiary/aromatic N) is 2. The van der Waals surface area contributed by atoms with Gasteiger partial charge in [0.15, 0.2) is 0 Å². The Morgan fingerprint density at radius 2 is 2.00 bits per heavy atom. The van der Waals surface area contributed by atoms with Gasteiger partial charge in [0.05, 0.1) is 11.8 Å². The zero-order chi connectivity index (χ0) is 15.9. The Bertz CT molecular complexity index is 647. The van der Waals surface area contributed by atoms with E-state index >= 15 is 0 Å². The van der Waals surface area contributed by atoms with Gasteiger partial charge in [-0.3, -0.25) is 14.3 Å². The van der Waals surface area contributed by atoms with Crippen LogP contribution in [-0.4, -0.2) is 26.8 Å². The summed E-state index contributed by atoms with van der Waals surface area (Å²) >= 11 is 0. The molecule has 1 aromatic heterocycles. The molecule has 0 spiro atoms. The maximum atomic E-state index is 12.1. The number of aryl methyl sites for hydroxylation is 2. The fourth-order valence-corrected chi connectivity index (χ4v) is 2.04. The van der Waals surface area contributed by atoms with Gasteiger partial charge in [0.2, 0.25) is 0 Å². The maximum absolute atomic E-state index is 12.1. The normalized spacial score (nSPS) is 10.4. The molecule has 116 valence electrons. The molecule has 0 saturated heterocycles. The predicted octanol–water partition coefficient (Wildman–Crippen LogP) is 2.56. The van der Waals surface area contributed by atoms with Crippen LogP contribution in [-0.2, 0) is 17.8 Å². The van der Waals surface area contributed by atoms with Crippen molar-refractivity contribution in [1.82, 2.24) is 9.78 Å². The van der Waals surface area contributed by atoms with Crippen molar-refractivity contribution in [3.05, 3.63) is 47.8 Å². The lowest BCUT2D eigenvalue weighted by Gasteiger charge is -2.05. The van der Waals surface area contributed by atoms with Crippen molar-refractivity contribution in [2.45, 2.75) is 32.7 Å². The van der Waals surface area contributed by atoms with Crippen molar-refractivity contribution in [2.75, 3.05) is 5.32 Å². The van der Waals surface area contributed by atoms with Crippen LogP contribution in [0.1, 0.15) is 35.7 Å². The molecule has 0 saturated carbocycles. The summed E-state index contributed by atoms with van der Waals surface area (Å²) in [5.74, 6) is -1.03. The van der Waals surface area contributed by atoms with E-state index in [1.807, 2.05) is 19.1 Å². The predicted molar refractivity (Wildman–Crippen MR) is 82.9 cm³/mol. The molecule has 0 aliphatic carbocycles. The molecule has 1 aromatic carbocycles. The molecule has 1 amide bonds. The lowest BCUT2D eigenvalue weighted by atomic mass is 10.1. The molecule has 1 heterocycles. The first-order valence-electron chi connectivity index (χ1n) is 7.23. The summed E-state index contributed by atoms with van der Waals surface area (Å²) in [7, 11) is 0. The van der Waals surface area contributed by atoms with Crippen LogP contribution >= 0.6 is 0 Å². The number of carbonyl (C=O) groups is 2. The molecule has 22 heavy (non-hydrogen) atoms. The molecule has 0 fully saturated rings. The zero-order valence-corrected chi connectivity index (χ0v) is 12.5. The summed E-state index contributed by atoms with van der Waals surface area (Å²) in [6.07, 6.45) is 4.81. The Balaban J connectivity index is 1.94. The third-order valence-corrected chi connectivity index (χ3v) is 3.19. The smallest absolute Gasteiger partial charge is 0.303 e. The fraction of sp³-hybridized carbons (Fsp3) is 0.312. The van der Waals surface area contributed by atoms with E-state index < -0.39 is 5.97 Å². The first-order valence-corrected chi connectivity index (χ1v) is 7.23. The van der Waals surface area contributed by atoms with Crippen LogP contribution in [0.4, 0.5) is 5.69 Å². The summed E-state index contributed by atoms with van der Waals surface area (Å²) in [5.41, 5.74) is 2.12. The van der Waals surface area contributed by atoms with Gasteiger partial charge in [-0.2, -0.15) is 5.10 Å². The van der Waals surface area contributed by atoms with Gasteiger partial charge in [-0.05, 0) is 30.5 Å². The summed E-state index contributed by atoms with van der Waals surface area (Å²) in [5, 5.41) is 15.6. The largest absolute Gasteiger partial charge is 0.481 e. The van der Waals surface area contributed by atoms with E-state index in [2.05, 4.69) is 10.4 Å². The van der Waals surface area contributed by atoms with Crippen molar-refractivity contribution >= 4 is 17.6 Å². The lowest BCUT2D eigenvalue weighted by Crippen LogP contribution is -2.11. The van der Waals surface area contributed by atoms with Gasteiger partial charge < -0.3 is 10.4 Å². The number of nitrogens with one attached hydrogen (secondary N) is 1. The number of aliphatic carboxylic acids is 1. The van der Waals surface area contributed by atoms with Gasteiger partial charge in [-0.1, -0.05) is 19.1 Å². The number of aromatic nitrogens is 2. The topological polar surface area (TPSA) is 84.2 Å². The van der Waals surface area contributed by atoms with Crippen LogP contribution in [0.5, 0.6) is 0 Å². The Hall–Kier alpha value is -2.63. The van der Waals surface area contributed by atoms with Gasteiger partial charge in [-0.25, -0.2) is 0 Å². The molecule has 2 aromatic rings. The molecule has 6 nitrogen and oxygen atoms in total. The van der Waals surface area contributed by atoms with Gasteiger partial charge in [0.25, 0.3) is 5.91 Å². The zero-order valence-electron chi connectivity index (χ0n) is 12.5. The van der Waals surface area contributed by atoms with E-state index in [0.29, 0.717) is 17.7 Å². The monoisotopic (exact) mass is 301 g/mol. The highest BCUT2D eigenvalue weighted by Crippen LogP contribution is 2.12. The summed E-state index contributed by atoms with van der Waals surface area (Å²) in [6.45, 7) is 2.83. The highest BCUT2D eigenvalue weighted by Gasteiger charge is 2.09. The second-order valence-corrected chi connectivity index (χ2v) is 5.04. The molecular weight excluding hydrogens is 282 g/mol. The molecule has 0 atom stereocenters. The molecule has 6 heteroatoms. The Morgan fingerprint density at radius 1 is 1.27 bits per heavy atom. The average Bonchev–Trinajstić information content (AvgIpc) is 2.96. The minimum Gasteiger partial charge on any atom is -0.481 e. The van der Waals surface area contributed by atoms with Crippen molar-refractivity contribution in [2.24, 2.45) is 0 Å². The lowest BCUT2D eigenvalue weighted by molar-refractivity contribution is -0.136. The number of hydrogen-bond acceptors (Lipinski definition) is 3. The van der Waals surface area contributed by atoms with Crippen LogP contribution in [0.2, 0.25) is 0 Å². The van der Waals surface area contributed by atoms with E-state index in [1.54, 1.807) is 29.2 Å². The van der Waals surface area contributed by atoms with Crippen LogP contribution in [0, 0.1) is 0 Å².